The van der Waals surface area contributed by atoms with Gasteiger partial charge in [0.1, 0.15) is 0 Å². The van der Waals surface area contributed by atoms with Gasteiger partial charge in [0.2, 0.25) is 0 Å². The molecule has 1 aromatic carbocycles. The number of carbonyl (C=O) groups excluding carboxylic acids is 1. The summed E-state index contributed by atoms with van der Waals surface area (Å²) in [5, 5.41) is 3.33. The molecule has 7 nitrogen and oxygen atoms in total. The number of sulfonamides is 1. The van der Waals surface area contributed by atoms with E-state index in [0.717, 1.165) is 10.9 Å². The van der Waals surface area contributed by atoms with E-state index in [1.807, 2.05) is 24.3 Å². The number of nitrogens with one attached hydrogen (secondary N) is 2. The number of para-hydroxylation sites is 1. The number of rotatable bonds is 4. The van der Waals surface area contributed by atoms with Crippen LogP contribution in [0.1, 0.15) is 10.4 Å². The zero-order valence-electron chi connectivity index (χ0n) is 12.7. The third kappa shape index (κ3) is 3.24. The minimum absolute atomic E-state index is 0.167. The highest BCUT2D eigenvalue weighted by Gasteiger charge is 2.14. The number of aromatic nitrogens is 2. The van der Waals surface area contributed by atoms with Crippen LogP contribution in [0.2, 0.25) is 0 Å². The van der Waals surface area contributed by atoms with Crippen LogP contribution in [0.3, 0.4) is 0 Å². The van der Waals surface area contributed by atoms with Crippen molar-refractivity contribution >= 4 is 32.5 Å². The van der Waals surface area contributed by atoms with E-state index in [0.29, 0.717) is 11.3 Å². The quantitative estimate of drug-likeness (QED) is 0.753. The molecule has 0 spiro atoms. The molecule has 2 aromatic heterocycles. The Morgan fingerprint density at radius 1 is 1.08 bits per heavy atom. The Balaban J connectivity index is 1.87. The average molecular weight is 342 g/mol. The maximum atomic E-state index is 12.4. The molecule has 0 radical (unpaired) electrons. The van der Waals surface area contributed by atoms with Crippen molar-refractivity contribution in [1.29, 1.82) is 0 Å². The lowest BCUT2D eigenvalue weighted by molar-refractivity contribution is 0.102. The second-order valence-electron chi connectivity index (χ2n) is 4.96. The van der Waals surface area contributed by atoms with Crippen LogP contribution in [-0.2, 0) is 10.0 Å². The van der Waals surface area contributed by atoms with Crippen LogP contribution in [0.4, 0.5) is 5.69 Å². The second-order valence-corrected chi connectivity index (χ2v) is 6.79. The Morgan fingerprint density at radius 3 is 2.67 bits per heavy atom. The number of benzene rings is 1. The van der Waals surface area contributed by atoms with Gasteiger partial charge in [-0.25, -0.2) is 18.1 Å². The molecular formula is C16H14N4O3S. The summed E-state index contributed by atoms with van der Waals surface area (Å²) in [7, 11) is -2.38. The highest BCUT2D eigenvalue weighted by molar-refractivity contribution is 7.89. The summed E-state index contributed by atoms with van der Waals surface area (Å²) in [5.74, 6) is -0.382. The molecule has 0 saturated carbocycles. The molecule has 0 fully saturated rings. The van der Waals surface area contributed by atoms with E-state index >= 15 is 0 Å². The molecule has 0 bridgehead atoms. The third-order valence-electron chi connectivity index (χ3n) is 3.39. The first kappa shape index (κ1) is 16.0. The fraction of sp³-hybridized carbons (Fsp3) is 0.0625. The van der Waals surface area contributed by atoms with Crippen molar-refractivity contribution in [1.82, 2.24) is 14.7 Å². The molecule has 3 rings (SSSR count). The SMILES string of the molecule is CNS(=O)(=O)c1cc(NC(=O)c2cnc3ccccc3c2)ccn1. The summed E-state index contributed by atoms with van der Waals surface area (Å²) in [6, 6.07) is 12.0. The van der Waals surface area contributed by atoms with E-state index in [-0.39, 0.29) is 10.9 Å². The lowest BCUT2D eigenvalue weighted by Gasteiger charge is -2.07. The van der Waals surface area contributed by atoms with Crippen molar-refractivity contribution in [3.8, 4) is 0 Å². The minimum Gasteiger partial charge on any atom is -0.322 e. The van der Waals surface area contributed by atoms with Crippen LogP contribution in [0, 0.1) is 0 Å². The van der Waals surface area contributed by atoms with Crippen LogP contribution >= 0.6 is 0 Å². The number of amides is 1. The lowest BCUT2D eigenvalue weighted by atomic mass is 10.1. The van der Waals surface area contributed by atoms with E-state index in [2.05, 4.69) is 20.0 Å². The number of carbonyl (C=O) groups is 1. The molecular weight excluding hydrogens is 328 g/mol. The van der Waals surface area contributed by atoms with Crippen LogP contribution in [0.15, 0.2) is 59.9 Å². The van der Waals surface area contributed by atoms with Gasteiger partial charge >= 0.3 is 0 Å². The number of fused-ring (bicyclic) bond motifs is 1. The molecule has 3 aromatic rings. The zero-order valence-corrected chi connectivity index (χ0v) is 13.5. The fourth-order valence-corrected chi connectivity index (χ4v) is 2.83. The summed E-state index contributed by atoms with van der Waals surface area (Å²) in [6.07, 6.45) is 2.79. The zero-order chi connectivity index (χ0) is 17.2. The number of hydrogen-bond donors (Lipinski definition) is 2. The molecule has 8 heteroatoms. The number of nitrogens with zero attached hydrogens (tertiary/aromatic N) is 2. The number of pyridine rings is 2. The smallest absolute Gasteiger partial charge is 0.257 e. The van der Waals surface area contributed by atoms with Crippen molar-refractivity contribution in [2.75, 3.05) is 12.4 Å². The van der Waals surface area contributed by atoms with Gasteiger partial charge in [0.15, 0.2) is 5.03 Å². The Bertz CT molecular complexity index is 1020. The summed E-state index contributed by atoms with van der Waals surface area (Å²) in [4.78, 5) is 20.4. The van der Waals surface area contributed by atoms with Crippen molar-refractivity contribution in [3.63, 3.8) is 0 Å². The molecule has 0 aliphatic carbocycles. The van der Waals surface area contributed by atoms with Crippen molar-refractivity contribution in [3.05, 3.63) is 60.4 Å². The first-order chi connectivity index (χ1) is 11.5. The lowest BCUT2D eigenvalue weighted by Crippen LogP contribution is -2.20. The van der Waals surface area contributed by atoms with E-state index in [1.165, 1.54) is 31.6 Å². The molecule has 2 N–H and O–H groups in total. The molecule has 122 valence electrons. The average Bonchev–Trinajstić information content (AvgIpc) is 2.61. The topological polar surface area (TPSA) is 101 Å². The largest absolute Gasteiger partial charge is 0.322 e. The van der Waals surface area contributed by atoms with Crippen LogP contribution in [0.5, 0.6) is 0 Å². The number of anilines is 1. The van der Waals surface area contributed by atoms with Gasteiger partial charge < -0.3 is 5.32 Å². The van der Waals surface area contributed by atoms with E-state index in [9.17, 15) is 13.2 Å². The fourth-order valence-electron chi connectivity index (χ4n) is 2.14. The summed E-state index contributed by atoms with van der Waals surface area (Å²) in [5.41, 5.74) is 1.50. The predicted molar refractivity (Wildman–Crippen MR) is 90.2 cm³/mol. The Kier molecular flexibility index (Phi) is 4.24. The highest BCUT2D eigenvalue weighted by atomic mass is 32.2. The van der Waals surface area contributed by atoms with E-state index < -0.39 is 10.0 Å². The predicted octanol–water partition coefficient (Wildman–Crippen LogP) is 1.79. The maximum Gasteiger partial charge on any atom is 0.257 e. The third-order valence-corrected chi connectivity index (χ3v) is 4.70. The van der Waals surface area contributed by atoms with Gasteiger partial charge in [-0.15, -0.1) is 0 Å². The van der Waals surface area contributed by atoms with Gasteiger partial charge in [-0.1, -0.05) is 18.2 Å². The maximum absolute atomic E-state index is 12.4. The Labute approximate surface area is 138 Å². The van der Waals surface area contributed by atoms with Crippen LogP contribution in [0.25, 0.3) is 10.9 Å². The van der Waals surface area contributed by atoms with Gasteiger partial charge in [0.05, 0.1) is 11.1 Å². The van der Waals surface area contributed by atoms with Crippen molar-refractivity contribution < 1.29 is 13.2 Å². The second kappa shape index (κ2) is 6.34. The first-order valence-electron chi connectivity index (χ1n) is 7.05. The molecule has 0 saturated heterocycles. The molecule has 0 atom stereocenters. The summed E-state index contributed by atoms with van der Waals surface area (Å²) in [6.45, 7) is 0. The number of hydrogen-bond acceptors (Lipinski definition) is 5. The normalized spacial score (nSPS) is 11.4. The van der Waals surface area contributed by atoms with E-state index in [1.54, 1.807) is 6.07 Å². The minimum atomic E-state index is -3.67. The summed E-state index contributed by atoms with van der Waals surface area (Å²) < 4.78 is 25.7. The van der Waals surface area contributed by atoms with E-state index in [4.69, 9.17) is 0 Å². The van der Waals surface area contributed by atoms with Gasteiger partial charge in [0, 0.05) is 29.5 Å². The van der Waals surface area contributed by atoms with Gasteiger partial charge in [-0.05, 0) is 25.2 Å². The summed E-state index contributed by atoms with van der Waals surface area (Å²) >= 11 is 0. The Morgan fingerprint density at radius 2 is 1.88 bits per heavy atom. The van der Waals surface area contributed by atoms with Crippen LogP contribution < -0.4 is 10.0 Å². The molecule has 1 amide bonds. The first-order valence-corrected chi connectivity index (χ1v) is 8.54. The monoisotopic (exact) mass is 342 g/mol. The van der Waals surface area contributed by atoms with Crippen LogP contribution in [-0.4, -0.2) is 31.3 Å². The van der Waals surface area contributed by atoms with Gasteiger partial charge in [-0.2, -0.15) is 0 Å². The van der Waals surface area contributed by atoms with Crippen molar-refractivity contribution in [2.45, 2.75) is 5.03 Å². The standard InChI is InChI=1S/C16H14N4O3S/c1-17-24(22,23)15-9-13(6-7-18-15)20-16(21)12-8-11-4-2-3-5-14(11)19-10-12/h2-10,17H,1H3,(H,18,20,21). The molecule has 24 heavy (non-hydrogen) atoms. The van der Waals surface area contributed by atoms with Gasteiger partial charge in [-0.3, -0.25) is 9.78 Å². The molecule has 0 aliphatic rings. The van der Waals surface area contributed by atoms with Crippen molar-refractivity contribution in [2.24, 2.45) is 0 Å². The molecule has 2 heterocycles. The molecule has 0 unspecified atom stereocenters. The van der Waals surface area contributed by atoms with Gasteiger partial charge in [0.25, 0.3) is 15.9 Å². The highest BCUT2D eigenvalue weighted by Crippen LogP contribution is 2.16. The molecule has 0 aliphatic heterocycles. The Hall–Kier alpha value is -2.84.